The van der Waals surface area contributed by atoms with Crippen molar-refractivity contribution in [3.8, 4) is 0 Å². The third-order valence-electron chi connectivity index (χ3n) is 1.89. The van der Waals surface area contributed by atoms with Gasteiger partial charge in [-0.3, -0.25) is 0 Å². The van der Waals surface area contributed by atoms with Crippen molar-refractivity contribution >= 4 is 15.9 Å². The minimum Gasteiger partial charge on any atom is -0.372 e. The van der Waals surface area contributed by atoms with E-state index in [2.05, 4.69) is 15.9 Å². The van der Waals surface area contributed by atoms with E-state index in [-0.39, 0.29) is 11.9 Å². The van der Waals surface area contributed by atoms with Crippen molar-refractivity contribution in [2.24, 2.45) is 5.73 Å². The van der Waals surface area contributed by atoms with Crippen LogP contribution in [0.4, 0.5) is 4.39 Å². The van der Waals surface area contributed by atoms with Gasteiger partial charge in [0.25, 0.3) is 0 Å². The van der Waals surface area contributed by atoms with Gasteiger partial charge >= 0.3 is 0 Å². The van der Waals surface area contributed by atoms with Crippen LogP contribution in [0.5, 0.6) is 0 Å². The number of benzene rings is 1. The first-order chi connectivity index (χ1) is 6.69. The van der Waals surface area contributed by atoms with Crippen LogP contribution in [0, 0.1) is 5.82 Å². The molecule has 0 aliphatic heterocycles. The Morgan fingerprint density at radius 2 is 2.29 bits per heavy atom. The Hall–Kier alpha value is -0.450. The molecule has 0 heterocycles. The van der Waals surface area contributed by atoms with Crippen LogP contribution in [0.25, 0.3) is 0 Å². The van der Waals surface area contributed by atoms with Gasteiger partial charge in [0.15, 0.2) is 0 Å². The maximum atomic E-state index is 13.0. The first-order valence-electron chi connectivity index (χ1n) is 4.45. The van der Waals surface area contributed by atoms with Crippen molar-refractivity contribution in [1.29, 1.82) is 0 Å². The summed E-state index contributed by atoms with van der Waals surface area (Å²) in [6.45, 7) is 2.79. The Balaban J connectivity index is 2.96. The van der Waals surface area contributed by atoms with Crippen LogP contribution in [0.2, 0.25) is 0 Å². The highest BCUT2D eigenvalue weighted by molar-refractivity contribution is 9.10. The summed E-state index contributed by atoms with van der Waals surface area (Å²) in [6.07, 6.45) is -0.245. The number of rotatable bonds is 4. The van der Waals surface area contributed by atoms with Crippen molar-refractivity contribution < 1.29 is 9.13 Å². The summed E-state index contributed by atoms with van der Waals surface area (Å²) < 4.78 is 19.2. The number of ether oxygens (including phenoxy) is 1. The minimum atomic E-state index is -0.277. The lowest BCUT2D eigenvalue weighted by molar-refractivity contribution is 0.0681. The topological polar surface area (TPSA) is 35.2 Å². The lowest BCUT2D eigenvalue weighted by atomic mass is 10.1. The molecule has 0 aliphatic carbocycles. The summed E-state index contributed by atoms with van der Waals surface area (Å²) in [5.41, 5.74) is 6.30. The summed E-state index contributed by atoms with van der Waals surface area (Å²) in [4.78, 5) is 0. The molecule has 1 aromatic carbocycles. The van der Waals surface area contributed by atoms with Crippen LogP contribution in [0.1, 0.15) is 18.6 Å². The molecule has 1 atom stereocenters. The first kappa shape index (κ1) is 11.6. The van der Waals surface area contributed by atoms with Crippen LogP contribution < -0.4 is 5.73 Å². The Labute approximate surface area is 91.4 Å². The normalized spacial score (nSPS) is 12.9. The van der Waals surface area contributed by atoms with Crippen molar-refractivity contribution in [3.63, 3.8) is 0 Å². The Kier molecular flexibility index (Phi) is 4.51. The largest absolute Gasteiger partial charge is 0.372 e. The second-order valence-corrected chi connectivity index (χ2v) is 3.70. The molecule has 14 heavy (non-hydrogen) atoms. The summed E-state index contributed by atoms with van der Waals surface area (Å²) >= 11 is 3.34. The van der Waals surface area contributed by atoms with E-state index in [4.69, 9.17) is 10.5 Å². The molecule has 0 bridgehead atoms. The number of hydrogen-bond donors (Lipinski definition) is 1. The van der Waals surface area contributed by atoms with Gasteiger partial charge in [0.1, 0.15) is 5.82 Å². The van der Waals surface area contributed by atoms with E-state index in [0.29, 0.717) is 13.2 Å². The fraction of sp³-hybridized carbons (Fsp3) is 0.400. The van der Waals surface area contributed by atoms with Gasteiger partial charge in [-0.05, 0) is 30.7 Å². The zero-order valence-corrected chi connectivity index (χ0v) is 9.55. The first-order valence-corrected chi connectivity index (χ1v) is 5.25. The predicted octanol–water partition coefficient (Wildman–Crippen LogP) is 2.62. The molecule has 0 radical (unpaired) electrons. The highest BCUT2D eigenvalue weighted by atomic mass is 79.9. The van der Waals surface area contributed by atoms with Gasteiger partial charge in [0, 0.05) is 17.6 Å². The molecule has 2 nitrogen and oxygen atoms in total. The summed E-state index contributed by atoms with van der Waals surface area (Å²) in [5, 5.41) is 0. The van der Waals surface area contributed by atoms with Crippen molar-refractivity contribution in [2.45, 2.75) is 13.0 Å². The average Bonchev–Trinajstić information content (AvgIpc) is 2.18. The fourth-order valence-corrected chi connectivity index (χ4v) is 1.75. The van der Waals surface area contributed by atoms with Crippen molar-refractivity contribution in [3.05, 3.63) is 34.1 Å². The van der Waals surface area contributed by atoms with Gasteiger partial charge in [-0.1, -0.05) is 15.9 Å². The quantitative estimate of drug-likeness (QED) is 0.905. The van der Waals surface area contributed by atoms with Crippen LogP contribution >= 0.6 is 15.9 Å². The molecule has 78 valence electrons. The van der Waals surface area contributed by atoms with E-state index in [1.54, 1.807) is 6.07 Å². The molecule has 0 amide bonds. The van der Waals surface area contributed by atoms with Crippen LogP contribution in [-0.4, -0.2) is 13.2 Å². The molecule has 4 heteroatoms. The van der Waals surface area contributed by atoms with E-state index in [9.17, 15) is 4.39 Å². The molecule has 0 spiro atoms. The molecule has 1 aromatic rings. The molecular formula is C10H13BrFNO. The average molecular weight is 262 g/mol. The Morgan fingerprint density at radius 1 is 1.57 bits per heavy atom. The van der Waals surface area contributed by atoms with Gasteiger partial charge in [-0.15, -0.1) is 0 Å². The van der Waals surface area contributed by atoms with E-state index in [1.165, 1.54) is 12.1 Å². The highest BCUT2D eigenvalue weighted by Crippen LogP contribution is 2.26. The monoisotopic (exact) mass is 261 g/mol. The van der Waals surface area contributed by atoms with Gasteiger partial charge in [-0.25, -0.2) is 4.39 Å². The van der Waals surface area contributed by atoms with E-state index < -0.39 is 0 Å². The Bertz CT molecular complexity index is 306. The maximum absolute atomic E-state index is 13.0. The third-order valence-corrected chi connectivity index (χ3v) is 2.61. The molecule has 0 aromatic heterocycles. The molecule has 0 saturated heterocycles. The molecule has 0 aliphatic rings. The highest BCUT2D eigenvalue weighted by Gasteiger charge is 2.13. The summed E-state index contributed by atoms with van der Waals surface area (Å²) in [6, 6.07) is 4.50. The van der Waals surface area contributed by atoms with Gasteiger partial charge < -0.3 is 10.5 Å². The molecule has 0 fully saturated rings. The summed E-state index contributed by atoms with van der Waals surface area (Å²) in [5.74, 6) is -0.277. The molecule has 2 N–H and O–H groups in total. The van der Waals surface area contributed by atoms with Gasteiger partial charge in [0.2, 0.25) is 0 Å². The predicted molar refractivity (Wildman–Crippen MR) is 57.5 cm³/mol. The number of nitrogens with two attached hydrogens (primary N) is 1. The molecule has 1 rings (SSSR count). The number of hydrogen-bond acceptors (Lipinski definition) is 2. The van der Waals surface area contributed by atoms with Crippen molar-refractivity contribution in [1.82, 2.24) is 0 Å². The zero-order chi connectivity index (χ0) is 10.6. The second-order valence-electron chi connectivity index (χ2n) is 2.85. The summed E-state index contributed by atoms with van der Waals surface area (Å²) in [7, 11) is 0. The number of halogens is 2. The molecular weight excluding hydrogens is 249 g/mol. The van der Waals surface area contributed by atoms with Gasteiger partial charge in [0.05, 0.1) is 6.10 Å². The standard InChI is InChI=1S/C10H13BrFNO/c1-2-14-10(6-13)8-5-7(12)3-4-9(8)11/h3-5,10H,2,6,13H2,1H3. The van der Waals surface area contributed by atoms with Crippen molar-refractivity contribution in [2.75, 3.05) is 13.2 Å². The minimum absolute atomic E-state index is 0.245. The second kappa shape index (κ2) is 5.44. The van der Waals surface area contributed by atoms with E-state index in [1.807, 2.05) is 6.92 Å². The van der Waals surface area contributed by atoms with E-state index >= 15 is 0 Å². The fourth-order valence-electron chi connectivity index (χ4n) is 1.25. The SMILES string of the molecule is CCOC(CN)c1cc(F)ccc1Br. The van der Waals surface area contributed by atoms with Gasteiger partial charge in [-0.2, -0.15) is 0 Å². The lowest BCUT2D eigenvalue weighted by Gasteiger charge is -2.16. The van der Waals surface area contributed by atoms with Crippen LogP contribution in [0.3, 0.4) is 0 Å². The Morgan fingerprint density at radius 3 is 2.86 bits per heavy atom. The zero-order valence-electron chi connectivity index (χ0n) is 7.97. The van der Waals surface area contributed by atoms with E-state index in [0.717, 1.165) is 10.0 Å². The van der Waals surface area contributed by atoms with Crippen LogP contribution in [0.15, 0.2) is 22.7 Å². The lowest BCUT2D eigenvalue weighted by Crippen LogP contribution is -2.16. The smallest absolute Gasteiger partial charge is 0.123 e. The maximum Gasteiger partial charge on any atom is 0.123 e. The molecule has 1 unspecified atom stereocenters. The molecule has 0 saturated carbocycles. The van der Waals surface area contributed by atoms with Crippen LogP contribution in [-0.2, 0) is 4.74 Å². The third kappa shape index (κ3) is 2.77.